The normalized spacial score (nSPS) is 12.2. The van der Waals surface area contributed by atoms with Crippen molar-refractivity contribution in [3.05, 3.63) is 105 Å². The van der Waals surface area contributed by atoms with Crippen LogP contribution in [0.3, 0.4) is 0 Å². The molecule has 9 heteroatoms. The van der Waals surface area contributed by atoms with Gasteiger partial charge in [-0.1, -0.05) is 66.4 Å². The average molecular weight is 623 g/mol. The summed E-state index contributed by atoms with van der Waals surface area (Å²) >= 11 is 3.65. The summed E-state index contributed by atoms with van der Waals surface area (Å²) in [4.78, 5) is 12.7. The molecule has 1 atom stereocenters. The molecule has 0 saturated carbocycles. The number of aryl methyl sites for hydroxylation is 1. The van der Waals surface area contributed by atoms with Crippen LogP contribution in [0.1, 0.15) is 23.9 Å². The van der Waals surface area contributed by atoms with E-state index < -0.39 is 5.25 Å². The number of thioether (sulfide) groups is 1. The first-order valence-electron chi connectivity index (χ1n) is 11.7. The van der Waals surface area contributed by atoms with Crippen molar-refractivity contribution in [3.63, 3.8) is 0 Å². The maximum Gasteiger partial charge on any atom is 0.253 e. The molecule has 3 aromatic carbocycles. The number of carbonyl (C=O) groups excluding carboxylic acids is 1. The molecule has 0 spiro atoms. The molecule has 1 unspecified atom stereocenters. The molecular formula is C28H27IN6OS. The molecule has 0 bridgehead atoms. The van der Waals surface area contributed by atoms with E-state index in [1.807, 2.05) is 78.2 Å². The highest BCUT2D eigenvalue weighted by Crippen LogP contribution is 2.26. The van der Waals surface area contributed by atoms with Gasteiger partial charge in [0.25, 0.3) is 5.91 Å². The summed E-state index contributed by atoms with van der Waals surface area (Å²) in [5, 5.41) is 16.6. The fourth-order valence-corrected chi connectivity index (χ4v) is 5.02. The number of carbonyl (C=O) groups is 1. The Morgan fingerprint density at radius 2 is 1.81 bits per heavy atom. The second-order valence-electron chi connectivity index (χ2n) is 8.17. The SMILES string of the molecule is Cc1cc(I)ccc1NCc1nnc(SC(C)C(=O)N/N=C/C=C/c2ccccc2)n1-c1ccccc1. The van der Waals surface area contributed by atoms with Gasteiger partial charge in [0, 0.05) is 21.2 Å². The Morgan fingerprint density at radius 3 is 2.54 bits per heavy atom. The Kier molecular flexibility index (Phi) is 9.50. The van der Waals surface area contributed by atoms with Gasteiger partial charge in [-0.15, -0.1) is 10.2 Å². The molecule has 37 heavy (non-hydrogen) atoms. The van der Waals surface area contributed by atoms with Crippen molar-refractivity contribution in [1.29, 1.82) is 0 Å². The van der Waals surface area contributed by atoms with Gasteiger partial charge in [-0.3, -0.25) is 9.36 Å². The highest BCUT2D eigenvalue weighted by molar-refractivity contribution is 14.1. The van der Waals surface area contributed by atoms with Crippen LogP contribution in [0.25, 0.3) is 11.8 Å². The second kappa shape index (κ2) is 13.2. The first-order chi connectivity index (χ1) is 18.0. The standard InChI is InChI=1S/C28H27IN6OS/c1-20-18-23(29)15-16-25(20)30-19-26-32-34-28(35(26)24-13-7-4-8-14-24)37-21(2)27(36)33-31-17-9-12-22-10-5-3-6-11-22/h3-18,21,30H,19H2,1-2H3,(H,33,36)/b12-9+,31-17+. The minimum absolute atomic E-state index is 0.217. The molecular weight excluding hydrogens is 595 g/mol. The number of rotatable bonds is 10. The molecule has 0 aliphatic carbocycles. The van der Waals surface area contributed by atoms with Gasteiger partial charge in [0.05, 0.1) is 11.8 Å². The molecule has 0 radical (unpaired) electrons. The van der Waals surface area contributed by atoms with E-state index in [-0.39, 0.29) is 5.91 Å². The van der Waals surface area contributed by atoms with E-state index in [4.69, 9.17) is 0 Å². The summed E-state index contributed by atoms with van der Waals surface area (Å²) in [5.74, 6) is 0.537. The van der Waals surface area contributed by atoms with Crippen LogP contribution < -0.4 is 10.7 Å². The fourth-order valence-electron chi connectivity index (χ4n) is 3.49. The van der Waals surface area contributed by atoms with Crippen molar-refractivity contribution in [2.24, 2.45) is 5.10 Å². The van der Waals surface area contributed by atoms with Crippen LogP contribution >= 0.6 is 34.4 Å². The third-order valence-electron chi connectivity index (χ3n) is 5.42. The van der Waals surface area contributed by atoms with E-state index in [1.54, 1.807) is 12.3 Å². The van der Waals surface area contributed by atoms with Crippen molar-refractivity contribution in [2.75, 3.05) is 5.32 Å². The number of para-hydroxylation sites is 1. The monoisotopic (exact) mass is 622 g/mol. The van der Waals surface area contributed by atoms with Crippen molar-refractivity contribution in [3.8, 4) is 5.69 Å². The number of amides is 1. The van der Waals surface area contributed by atoms with Gasteiger partial charge in [-0.05, 0) is 84.0 Å². The lowest BCUT2D eigenvalue weighted by molar-refractivity contribution is -0.120. The zero-order chi connectivity index (χ0) is 26.0. The quantitative estimate of drug-likeness (QED) is 0.0969. The summed E-state index contributed by atoms with van der Waals surface area (Å²) in [6.07, 6.45) is 5.27. The molecule has 4 rings (SSSR count). The number of anilines is 1. The number of hydrogen-bond donors (Lipinski definition) is 2. The molecule has 0 saturated heterocycles. The van der Waals surface area contributed by atoms with Crippen molar-refractivity contribution >= 4 is 58.2 Å². The lowest BCUT2D eigenvalue weighted by Crippen LogP contribution is -2.27. The number of benzene rings is 3. The fraction of sp³-hybridized carbons (Fsp3) is 0.143. The summed E-state index contributed by atoms with van der Waals surface area (Å²) in [5.41, 5.74) is 6.80. The zero-order valence-electron chi connectivity index (χ0n) is 20.5. The van der Waals surface area contributed by atoms with Crippen LogP contribution in [0.15, 0.2) is 95.2 Å². The first-order valence-corrected chi connectivity index (χ1v) is 13.7. The third-order valence-corrected chi connectivity index (χ3v) is 7.13. The maximum absolute atomic E-state index is 12.7. The number of hydrazone groups is 1. The molecule has 4 aromatic rings. The second-order valence-corrected chi connectivity index (χ2v) is 10.7. The Morgan fingerprint density at radius 1 is 1.08 bits per heavy atom. The summed E-state index contributed by atoms with van der Waals surface area (Å²) in [6.45, 7) is 4.39. The molecule has 0 fully saturated rings. The third kappa shape index (κ3) is 7.53. The van der Waals surface area contributed by atoms with Crippen molar-refractivity contribution in [2.45, 2.75) is 30.8 Å². The average Bonchev–Trinajstić information content (AvgIpc) is 3.31. The summed E-state index contributed by atoms with van der Waals surface area (Å²) < 4.78 is 3.17. The van der Waals surface area contributed by atoms with Gasteiger partial charge >= 0.3 is 0 Å². The van der Waals surface area contributed by atoms with Crippen LogP contribution in [0.4, 0.5) is 5.69 Å². The minimum atomic E-state index is -0.429. The van der Waals surface area contributed by atoms with Crippen LogP contribution in [0.2, 0.25) is 0 Å². The Hall–Kier alpha value is -3.44. The van der Waals surface area contributed by atoms with E-state index in [9.17, 15) is 4.79 Å². The molecule has 1 amide bonds. The van der Waals surface area contributed by atoms with Gasteiger partial charge in [0.1, 0.15) is 0 Å². The van der Waals surface area contributed by atoms with Gasteiger partial charge in [-0.25, -0.2) is 5.43 Å². The van der Waals surface area contributed by atoms with Crippen LogP contribution in [0, 0.1) is 10.5 Å². The Balaban J connectivity index is 1.44. The zero-order valence-corrected chi connectivity index (χ0v) is 23.5. The predicted octanol–water partition coefficient (Wildman–Crippen LogP) is 6.09. The van der Waals surface area contributed by atoms with E-state index in [2.05, 4.69) is 73.8 Å². The van der Waals surface area contributed by atoms with E-state index in [0.29, 0.717) is 11.7 Å². The predicted molar refractivity (Wildman–Crippen MR) is 160 cm³/mol. The molecule has 0 aliphatic rings. The van der Waals surface area contributed by atoms with Gasteiger partial charge in [0.15, 0.2) is 11.0 Å². The van der Waals surface area contributed by atoms with Crippen LogP contribution in [-0.4, -0.2) is 32.1 Å². The molecule has 2 N–H and O–H groups in total. The number of nitrogens with zero attached hydrogens (tertiary/aromatic N) is 4. The summed E-state index contributed by atoms with van der Waals surface area (Å²) in [7, 11) is 0. The lowest BCUT2D eigenvalue weighted by Gasteiger charge is -2.14. The van der Waals surface area contributed by atoms with Gasteiger partial charge in [-0.2, -0.15) is 5.10 Å². The number of halogens is 1. The largest absolute Gasteiger partial charge is 0.378 e. The van der Waals surface area contributed by atoms with E-state index in [1.165, 1.54) is 15.3 Å². The highest BCUT2D eigenvalue weighted by atomic mass is 127. The number of aromatic nitrogens is 3. The lowest BCUT2D eigenvalue weighted by atomic mass is 10.2. The Bertz CT molecular complexity index is 1390. The van der Waals surface area contributed by atoms with E-state index in [0.717, 1.165) is 28.3 Å². The molecule has 1 heterocycles. The number of hydrogen-bond acceptors (Lipinski definition) is 6. The number of allylic oxidation sites excluding steroid dienone is 1. The first kappa shape index (κ1) is 26.6. The summed E-state index contributed by atoms with van der Waals surface area (Å²) in [6, 6.07) is 26.1. The highest BCUT2D eigenvalue weighted by Gasteiger charge is 2.21. The van der Waals surface area contributed by atoms with E-state index >= 15 is 0 Å². The molecule has 1 aromatic heterocycles. The minimum Gasteiger partial charge on any atom is -0.378 e. The topological polar surface area (TPSA) is 84.2 Å². The Labute approximate surface area is 234 Å². The van der Waals surface area contributed by atoms with Crippen LogP contribution in [-0.2, 0) is 11.3 Å². The smallest absolute Gasteiger partial charge is 0.253 e. The molecule has 0 aliphatic heterocycles. The van der Waals surface area contributed by atoms with Gasteiger partial charge < -0.3 is 5.32 Å². The maximum atomic E-state index is 12.7. The molecule has 188 valence electrons. The van der Waals surface area contributed by atoms with Gasteiger partial charge in [0.2, 0.25) is 0 Å². The van der Waals surface area contributed by atoms with Crippen molar-refractivity contribution < 1.29 is 4.79 Å². The molecule has 7 nitrogen and oxygen atoms in total. The van der Waals surface area contributed by atoms with Crippen LogP contribution in [0.5, 0.6) is 0 Å². The number of nitrogens with one attached hydrogen (secondary N) is 2. The van der Waals surface area contributed by atoms with Crippen molar-refractivity contribution in [1.82, 2.24) is 20.2 Å².